The second-order valence-electron chi connectivity index (χ2n) is 7.37. The van der Waals surface area contributed by atoms with Crippen molar-refractivity contribution in [2.24, 2.45) is 5.92 Å². The summed E-state index contributed by atoms with van der Waals surface area (Å²) in [6, 6.07) is 7.54. The minimum absolute atomic E-state index is 0.0244. The predicted octanol–water partition coefficient (Wildman–Crippen LogP) is 3.05. The van der Waals surface area contributed by atoms with Crippen molar-refractivity contribution in [1.29, 1.82) is 0 Å². The summed E-state index contributed by atoms with van der Waals surface area (Å²) in [7, 11) is 0. The molecule has 1 N–H and O–H groups in total. The van der Waals surface area contributed by atoms with Crippen LogP contribution in [-0.2, 0) is 14.4 Å². The molecule has 6 nitrogen and oxygen atoms in total. The molecule has 3 rings (SSSR count). The first-order valence-electron chi connectivity index (χ1n) is 9.51. The topological polar surface area (TPSA) is 77.9 Å². The molecule has 0 spiro atoms. The number of hydrogen-bond acceptors (Lipinski definition) is 3. The molecular formula is C21H26N2O4. The molecule has 2 aliphatic heterocycles. The van der Waals surface area contributed by atoms with Gasteiger partial charge in [0.1, 0.15) is 0 Å². The van der Waals surface area contributed by atoms with Crippen LogP contribution in [0.2, 0.25) is 0 Å². The maximum absolute atomic E-state index is 13.0. The summed E-state index contributed by atoms with van der Waals surface area (Å²) in [5.41, 5.74) is 2.02. The highest BCUT2D eigenvalue weighted by Gasteiger charge is 2.31. The van der Waals surface area contributed by atoms with Crippen molar-refractivity contribution in [3.8, 4) is 0 Å². The summed E-state index contributed by atoms with van der Waals surface area (Å²) in [6.07, 6.45) is 6.51. The van der Waals surface area contributed by atoms with Crippen LogP contribution in [0, 0.1) is 5.92 Å². The SMILES string of the molecule is CC(=O)N1C=Cc2ccccc2[C@@H]1CC(=O)N1CCC[C@@H](CCC(=O)O)C1. The monoisotopic (exact) mass is 370 g/mol. The van der Waals surface area contributed by atoms with E-state index < -0.39 is 5.97 Å². The van der Waals surface area contributed by atoms with Crippen molar-refractivity contribution >= 4 is 23.9 Å². The predicted molar refractivity (Wildman–Crippen MR) is 102 cm³/mol. The number of rotatable bonds is 5. The van der Waals surface area contributed by atoms with Gasteiger partial charge < -0.3 is 14.9 Å². The zero-order valence-corrected chi connectivity index (χ0v) is 15.6. The summed E-state index contributed by atoms with van der Waals surface area (Å²) in [6.45, 7) is 2.82. The van der Waals surface area contributed by atoms with Gasteiger partial charge in [0.05, 0.1) is 12.5 Å². The van der Waals surface area contributed by atoms with E-state index in [2.05, 4.69) is 0 Å². The van der Waals surface area contributed by atoms with Crippen molar-refractivity contribution in [3.63, 3.8) is 0 Å². The minimum atomic E-state index is -0.791. The maximum Gasteiger partial charge on any atom is 0.303 e. The van der Waals surface area contributed by atoms with Gasteiger partial charge in [-0.1, -0.05) is 24.3 Å². The zero-order chi connectivity index (χ0) is 19.4. The van der Waals surface area contributed by atoms with Crippen molar-refractivity contribution in [2.75, 3.05) is 13.1 Å². The van der Waals surface area contributed by atoms with E-state index in [1.807, 2.05) is 35.2 Å². The third-order valence-electron chi connectivity index (χ3n) is 5.48. The van der Waals surface area contributed by atoms with E-state index in [0.29, 0.717) is 19.5 Å². The molecule has 1 aromatic rings. The second kappa shape index (κ2) is 8.37. The fourth-order valence-electron chi connectivity index (χ4n) is 4.06. The van der Waals surface area contributed by atoms with Crippen molar-refractivity contribution in [2.45, 2.75) is 45.1 Å². The van der Waals surface area contributed by atoms with Gasteiger partial charge in [-0.05, 0) is 42.4 Å². The lowest BCUT2D eigenvalue weighted by atomic mass is 9.91. The quantitative estimate of drug-likeness (QED) is 0.864. The molecule has 1 fully saturated rings. The van der Waals surface area contributed by atoms with Gasteiger partial charge in [0.2, 0.25) is 11.8 Å². The highest BCUT2D eigenvalue weighted by Crippen LogP contribution is 2.34. The number of aliphatic carboxylic acids is 1. The Labute approximate surface area is 159 Å². The van der Waals surface area contributed by atoms with Gasteiger partial charge in [-0.3, -0.25) is 14.4 Å². The molecule has 2 amide bonds. The van der Waals surface area contributed by atoms with Crippen LogP contribution in [0.1, 0.15) is 56.2 Å². The van der Waals surface area contributed by atoms with Gasteiger partial charge in [0.25, 0.3) is 0 Å². The molecule has 6 heteroatoms. The lowest BCUT2D eigenvalue weighted by Gasteiger charge is -2.36. The lowest BCUT2D eigenvalue weighted by molar-refractivity contribution is -0.137. The number of carboxylic acid groups (broad SMARTS) is 1. The van der Waals surface area contributed by atoms with Crippen LogP contribution in [0.3, 0.4) is 0 Å². The first kappa shape index (κ1) is 19.1. The van der Waals surface area contributed by atoms with Crippen molar-refractivity contribution in [1.82, 2.24) is 9.80 Å². The maximum atomic E-state index is 13.0. The first-order valence-corrected chi connectivity index (χ1v) is 9.51. The number of likely N-dealkylation sites (tertiary alicyclic amines) is 1. The fourth-order valence-corrected chi connectivity index (χ4v) is 4.06. The van der Waals surface area contributed by atoms with Crippen LogP contribution >= 0.6 is 0 Å². The zero-order valence-electron chi connectivity index (χ0n) is 15.6. The van der Waals surface area contributed by atoms with Crippen LogP contribution in [0.5, 0.6) is 0 Å². The number of amides is 2. The van der Waals surface area contributed by atoms with Crippen LogP contribution in [0.4, 0.5) is 0 Å². The number of piperidine rings is 1. The molecule has 1 saturated heterocycles. The number of carbonyl (C=O) groups is 3. The van der Waals surface area contributed by atoms with Crippen LogP contribution in [0.25, 0.3) is 6.08 Å². The third kappa shape index (κ3) is 4.56. The Hall–Kier alpha value is -2.63. The average Bonchev–Trinajstić information content (AvgIpc) is 2.66. The number of hydrogen-bond donors (Lipinski definition) is 1. The van der Waals surface area contributed by atoms with Crippen LogP contribution < -0.4 is 0 Å². The third-order valence-corrected chi connectivity index (χ3v) is 5.48. The highest BCUT2D eigenvalue weighted by molar-refractivity contribution is 5.82. The first-order chi connectivity index (χ1) is 13.0. The molecule has 0 aromatic heterocycles. The molecule has 2 heterocycles. The molecule has 2 atom stereocenters. The van der Waals surface area contributed by atoms with Gasteiger partial charge in [-0.15, -0.1) is 0 Å². The Bertz CT molecular complexity index is 758. The Balaban J connectivity index is 1.70. The number of fused-ring (bicyclic) bond motifs is 1. The second-order valence-corrected chi connectivity index (χ2v) is 7.37. The van der Waals surface area contributed by atoms with E-state index >= 15 is 0 Å². The summed E-state index contributed by atoms with van der Waals surface area (Å²) in [5, 5.41) is 8.89. The number of benzene rings is 1. The summed E-state index contributed by atoms with van der Waals surface area (Å²) >= 11 is 0. The smallest absolute Gasteiger partial charge is 0.303 e. The molecule has 0 aliphatic carbocycles. The Morgan fingerprint density at radius 3 is 2.74 bits per heavy atom. The molecular weight excluding hydrogens is 344 g/mol. The van der Waals surface area contributed by atoms with Crippen molar-refractivity contribution < 1.29 is 19.5 Å². The Morgan fingerprint density at radius 2 is 2.00 bits per heavy atom. The molecule has 27 heavy (non-hydrogen) atoms. The van der Waals surface area contributed by atoms with E-state index in [-0.39, 0.29) is 36.6 Å². The molecule has 144 valence electrons. The molecule has 0 radical (unpaired) electrons. The molecule has 0 saturated carbocycles. The fraction of sp³-hybridized carbons (Fsp3) is 0.476. The van der Waals surface area contributed by atoms with E-state index in [1.54, 1.807) is 11.1 Å². The molecule has 2 aliphatic rings. The summed E-state index contributed by atoms with van der Waals surface area (Å²) in [5.74, 6) is -0.615. The summed E-state index contributed by atoms with van der Waals surface area (Å²) < 4.78 is 0. The van der Waals surface area contributed by atoms with Crippen LogP contribution in [-0.4, -0.2) is 45.8 Å². The van der Waals surface area contributed by atoms with Gasteiger partial charge in [0.15, 0.2) is 0 Å². The molecule has 0 unspecified atom stereocenters. The Morgan fingerprint density at radius 1 is 1.22 bits per heavy atom. The van der Waals surface area contributed by atoms with E-state index in [1.165, 1.54) is 6.92 Å². The van der Waals surface area contributed by atoms with Crippen molar-refractivity contribution in [3.05, 3.63) is 41.6 Å². The highest BCUT2D eigenvalue weighted by atomic mass is 16.4. The Kier molecular flexibility index (Phi) is 5.94. The summed E-state index contributed by atoms with van der Waals surface area (Å²) in [4.78, 5) is 39.3. The minimum Gasteiger partial charge on any atom is -0.481 e. The average molecular weight is 370 g/mol. The van der Waals surface area contributed by atoms with Gasteiger partial charge in [0, 0.05) is 32.6 Å². The standard InChI is InChI=1S/C21H26N2O4/c1-15(24)23-12-10-17-6-2-3-7-18(17)19(23)13-20(25)22-11-4-5-16(14-22)8-9-21(26)27/h2-3,6-7,10,12,16,19H,4-5,8-9,11,13-14H2,1H3,(H,26,27)/t16-,19-/m0/s1. The largest absolute Gasteiger partial charge is 0.481 e. The van der Waals surface area contributed by atoms with E-state index in [4.69, 9.17) is 5.11 Å². The normalized spacial score (nSPS) is 21.7. The van der Waals surface area contributed by atoms with Gasteiger partial charge in [-0.25, -0.2) is 0 Å². The van der Waals surface area contributed by atoms with E-state index in [9.17, 15) is 14.4 Å². The van der Waals surface area contributed by atoms with E-state index in [0.717, 1.165) is 24.0 Å². The molecule has 1 aromatic carbocycles. The van der Waals surface area contributed by atoms with Gasteiger partial charge in [-0.2, -0.15) is 0 Å². The lowest BCUT2D eigenvalue weighted by Crippen LogP contribution is -2.42. The number of carbonyl (C=O) groups excluding carboxylic acids is 2. The molecule has 0 bridgehead atoms. The van der Waals surface area contributed by atoms with Gasteiger partial charge >= 0.3 is 5.97 Å². The van der Waals surface area contributed by atoms with Crippen LogP contribution in [0.15, 0.2) is 30.5 Å². The number of carboxylic acids is 1. The number of nitrogens with zero attached hydrogens (tertiary/aromatic N) is 2.